The normalized spacial score (nSPS) is 12.3. The molecule has 0 radical (unpaired) electrons. The highest BCUT2D eigenvalue weighted by Gasteiger charge is 2.33. The van der Waals surface area contributed by atoms with Gasteiger partial charge in [0.15, 0.2) is 11.5 Å². The van der Waals surface area contributed by atoms with Gasteiger partial charge in [-0.3, -0.25) is 4.79 Å². The monoisotopic (exact) mass is 449 g/mol. The van der Waals surface area contributed by atoms with Crippen molar-refractivity contribution in [1.82, 2.24) is 24.8 Å². The molecule has 3 aromatic rings. The van der Waals surface area contributed by atoms with E-state index in [1.54, 1.807) is 19.9 Å². The van der Waals surface area contributed by atoms with Crippen LogP contribution in [0.2, 0.25) is 0 Å². The molecule has 0 fully saturated rings. The van der Waals surface area contributed by atoms with E-state index in [-0.39, 0.29) is 36.0 Å². The molecule has 0 unspecified atom stereocenters. The fourth-order valence-electron chi connectivity index (χ4n) is 3.00. The van der Waals surface area contributed by atoms with Crippen molar-refractivity contribution in [3.05, 3.63) is 66.1 Å². The lowest BCUT2D eigenvalue weighted by Crippen LogP contribution is -2.42. The number of hydrogen-bond donors (Lipinski definition) is 0. The molecule has 168 valence electrons. The first-order valence-corrected chi connectivity index (χ1v) is 9.61. The molecule has 0 saturated heterocycles. The van der Waals surface area contributed by atoms with Crippen molar-refractivity contribution in [1.29, 1.82) is 0 Å². The number of rotatable bonds is 7. The number of nitrogens with zero attached hydrogens (tertiary/aromatic N) is 5. The number of ether oxygens (including phenoxy) is 1. The number of alkyl halides is 3. The summed E-state index contributed by atoms with van der Waals surface area (Å²) in [5, 5.41) is 0. The first-order chi connectivity index (χ1) is 15.2. The SMILES string of the molecule is CCN(C(=O)c1cccc(F)c1-c1ncccn1)[C@@H](C)COc1cnc(C(F)(F)F)cn1. The van der Waals surface area contributed by atoms with Crippen LogP contribution in [-0.2, 0) is 6.18 Å². The Morgan fingerprint density at radius 3 is 2.41 bits per heavy atom. The number of likely N-dealkylation sites (N-methyl/N-ethyl adjacent to an activating group) is 1. The molecule has 7 nitrogen and oxygen atoms in total. The molecule has 0 bridgehead atoms. The lowest BCUT2D eigenvalue weighted by molar-refractivity contribution is -0.141. The van der Waals surface area contributed by atoms with Gasteiger partial charge in [-0.25, -0.2) is 24.3 Å². The lowest BCUT2D eigenvalue weighted by atomic mass is 10.0. The maximum atomic E-state index is 14.6. The summed E-state index contributed by atoms with van der Waals surface area (Å²) in [6.45, 7) is 3.64. The molecular weight excluding hydrogens is 430 g/mol. The van der Waals surface area contributed by atoms with Gasteiger partial charge in [0.05, 0.1) is 29.6 Å². The molecule has 32 heavy (non-hydrogen) atoms. The maximum Gasteiger partial charge on any atom is 0.434 e. The zero-order chi connectivity index (χ0) is 23.3. The molecule has 0 aliphatic carbocycles. The number of aromatic nitrogens is 4. The summed E-state index contributed by atoms with van der Waals surface area (Å²) < 4.78 is 57.8. The van der Waals surface area contributed by atoms with Crippen molar-refractivity contribution in [3.63, 3.8) is 0 Å². The predicted octanol–water partition coefficient (Wildman–Crippen LogP) is 4.02. The van der Waals surface area contributed by atoms with Crippen LogP contribution in [0.15, 0.2) is 49.1 Å². The fraction of sp³-hybridized carbons (Fsp3) is 0.286. The number of benzene rings is 1. The minimum atomic E-state index is -4.60. The van der Waals surface area contributed by atoms with Gasteiger partial charge in [-0.2, -0.15) is 13.2 Å². The first kappa shape index (κ1) is 23.0. The summed E-state index contributed by atoms with van der Waals surface area (Å²) in [7, 11) is 0. The third kappa shape index (κ3) is 5.16. The summed E-state index contributed by atoms with van der Waals surface area (Å²) in [6.07, 6.45) is -0.271. The highest BCUT2D eigenvalue weighted by Crippen LogP contribution is 2.27. The second kappa shape index (κ2) is 9.67. The smallest absolute Gasteiger partial charge is 0.434 e. The van der Waals surface area contributed by atoms with E-state index >= 15 is 0 Å². The van der Waals surface area contributed by atoms with Crippen LogP contribution in [0.5, 0.6) is 5.88 Å². The number of carbonyl (C=O) groups is 1. The Kier molecular flexibility index (Phi) is 6.96. The molecule has 0 N–H and O–H groups in total. The molecule has 0 saturated carbocycles. The summed E-state index contributed by atoms with van der Waals surface area (Å²) in [6, 6.07) is 5.18. The van der Waals surface area contributed by atoms with Crippen LogP contribution in [0.4, 0.5) is 17.6 Å². The Morgan fingerprint density at radius 2 is 1.81 bits per heavy atom. The summed E-state index contributed by atoms with van der Waals surface area (Å²) >= 11 is 0. The minimum Gasteiger partial charge on any atom is -0.474 e. The van der Waals surface area contributed by atoms with E-state index in [9.17, 15) is 22.4 Å². The predicted molar refractivity (Wildman–Crippen MR) is 106 cm³/mol. The van der Waals surface area contributed by atoms with E-state index in [1.165, 1.54) is 35.5 Å². The summed E-state index contributed by atoms with van der Waals surface area (Å²) in [5.41, 5.74) is -1.07. The topological polar surface area (TPSA) is 81.1 Å². The van der Waals surface area contributed by atoms with Crippen molar-refractivity contribution in [3.8, 4) is 17.3 Å². The van der Waals surface area contributed by atoms with Crippen molar-refractivity contribution in [2.45, 2.75) is 26.1 Å². The van der Waals surface area contributed by atoms with E-state index < -0.39 is 29.6 Å². The Bertz CT molecular complexity index is 1060. The quantitative estimate of drug-likeness (QED) is 0.507. The van der Waals surface area contributed by atoms with E-state index in [4.69, 9.17) is 4.74 Å². The maximum absolute atomic E-state index is 14.6. The van der Waals surface area contributed by atoms with Gasteiger partial charge >= 0.3 is 6.18 Å². The molecular formula is C21H19F4N5O2. The average molecular weight is 449 g/mol. The van der Waals surface area contributed by atoms with Gasteiger partial charge in [-0.05, 0) is 32.0 Å². The first-order valence-electron chi connectivity index (χ1n) is 9.61. The number of amides is 1. The Labute approximate surface area is 181 Å². The molecule has 2 heterocycles. The van der Waals surface area contributed by atoms with Crippen LogP contribution in [-0.4, -0.2) is 49.9 Å². The summed E-state index contributed by atoms with van der Waals surface area (Å²) in [5.74, 6) is -1.14. The lowest BCUT2D eigenvalue weighted by Gasteiger charge is -2.28. The van der Waals surface area contributed by atoms with Crippen LogP contribution in [0.1, 0.15) is 29.9 Å². The molecule has 11 heteroatoms. The molecule has 1 atom stereocenters. The van der Waals surface area contributed by atoms with Crippen LogP contribution < -0.4 is 4.74 Å². The van der Waals surface area contributed by atoms with Crippen molar-refractivity contribution in [2.24, 2.45) is 0 Å². The summed E-state index contributed by atoms with van der Waals surface area (Å²) in [4.78, 5) is 29.6. The van der Waals surface area contributed by atoms with Gasteiger partial charge in [0, 0.05) is 18.9 Å². The van der Waals surface area contributed by atoms with Crippen LogP contribution in [0.25, 0.3) is 11.4 Å². The Morgan fingerprint density at radius 1 is 1.09 bits per heavy atom. The van der Waals surface area contributed by atoms with Crippen LogP contribution in [0.3, 0.4) is 0 Å². The van der Waals surface area contributed by atoms with E-state index in [0.29, 0.717) is 6.20 Å². The second-order valence-electron chi connectivity index (χ2n) is 6.72. The molecule has 2 aromatic heterocycles. The minimum absolute atomic E-state index is 0.0155. The van der Waals surface area contributed by atoms with Crippen molar-refractivity contribution >= 4 is 5.91 Å². The molecule has 3 rings (SSSR count). The third-order valence-electron chi connectivity index (χ3n) is 4.56. The zero-order valence-corrected chi connectivity index (χ0v) is 17.2. The fourth-order valence-corrected chi connectivity index (χ4v) is 3.00. The second-order valence-corrected chi connectivity index (χ2v) is 6.72. The van der Waals surface area contributed by atoms with Crippen LogP contribution >= 0.6 is 0 Å². The van der Waals surface area contributed by atoms with Gasteiger partial charge in [0.1, 0.15) is 12.4 Å². The van der Waals surface area contributed by atoms with Gasteiger partial charge in [0.25, 0.3) is 5.91 Å². The number of hydrogen-bond acceptors (Lipinski definition) is 6. The molecule has 1 aromatic carbocycles. The molecule has 0 spiro atoms. The molecule has 1 amide bonds. The zero-order valence-electron chi connectivity index (χ0n) is 17.2. The van der Waals surface area contributed by atoms with Crippen LogP contribution in [0, 0.1) is 5.82 Å². The highest BCUT2D eigenvalue weighted by atomic mass is 19.4. The Hall–Kier alpha value is -3.63. The van der Waals surface area contributed by atoms with Crippen molar-refractivity contribution in [2.75, 3.05) is 13.2 Å². The van der Waals surface area contributed by atoms with E-state index in [1.807, 2.05) is 0 Å². The third-order valence-corrected chi connectivity index (χ3v) is 4.56. The molecule has 0 aliphatic rings. The van der Waals surface area contributed by atoms with Gasteiger partial charge in [-0.1, -0.05) is 6.07 Å². The van der Waals surface area contributed by atoms with Gasteiger partial charge < -0.3 is 9.64 Å². The average Bonchev–Trinajstić information content (AvgIpc) is 2.78. The highest BCUT2D eigenvalue weighted by molar-refractivity contribution is 6.00. The van der Waals surface area contributed by atoms with E-state index in [2.05, 4.69) is 19.9 Å². The van der Waals surface area contributed by atoms with Gasteiger partial charge in [-0.15, -0.1) is 0 Å². The standard InChI is InChI=1S/C21H19F4N5O2/c1-3-30(13(2)12-32-17-11-28-16(10-29-17)21(23,24)25)20(31)14-6-4-7-15(22)18(14)19-26-8-5-9-27-19/h4-11,13H,3,12H2,1-2H3/t13-/m0/s1. The van der Waals surface area contributed by atoms with Crippen molar-refractivity contribution < 1.29 is 27.1 Å². The Balaban J connectivity index is 1.77. The number of halogens is 4. The number of carbonyl (C=O) groups excluding carboxylic acids is 1. The molecule has 0 aliphatic heterocycles. The largest absolute Gasteiger partial charge is 0.474 e. The van der Waals surface area contributed by atoms with Gasteiger partial charge in [0.2, 0.25) is 5.88 Å². The van der Waals surface area contributed by atoms with E-state index in [0.717, 1.165) is 6.20 Å².